The van der Waals surface area contributed by atoms with Crippen molar-refractivity contribution in [1.29, 1.82) is 0 Å². The standard InChI is InChI=1S/C15H26N4O3/c1-15(2)7-9(13(21)19-15)6-11(12(17)20)18-14(22)10(16)5-8-3-4-8/h8-11H,3-7,16H2,1-2H3,(H2,17,20)(H,18,22)(H,19,21)/t9-,10+,11+/m1/s1. The third-order valence-corrected chi connectivity index (χ3v) is 4.39. The van der Waals surface area contributed by atoms with E-state index in [0.29, 0.717) is 18.8 Å². The minimum atomic E-state index is -0.859. The van der Waals surface area contributed by atoms with E-state index in [4.69, 9.17) is 11.5 Å². The van der Waals surface area contributed by atoms with Crippen LogP contribution in [0.2, 0.25) is 0 Å². The van der Waals surface area contributed by atoms with Crippen molar-refractivity contribution in [2.75, 3.05) is 0 Å². The molecule has 1 saturated heterocycles. The third kappa shape index (κ3) is 4.43. The molecule has 0 aromatic heterocycles. The van der Waals surface area contributed by atoms with Gasteiger partial charge in [-0.15, -0.1) is 0 Å². The molecule has 0 radical (unpaired) electrons. The Balaban J connectivity index is 1.90. The molecule has 0 spiro atoms. The first-order valence-corrected chi connectivity index (χ1v) is 7.85. The van der Waals surface area contributed by atoms with Crippen molar-refractivity contribution in [3.05, 3.63) is 0 Å². The van der Waals surface area contributed by atoms with E-state index in [0.717, 1.165) is 12.8 Å². The Kier molecular flexibility index (Phi) is 4.75. The molecule has 22 heavy (non-hydrogen) atoms. The number of hydrogen-bond donors (Lipinski definition) is 4. The van der Waals surface area contributed by atoms with Crippen LogP contribution in [0.25, 0.3) is 0 Å². The fourth-order valence-corrected chi connectivity index (χ4v) is 3.01. The minimum Gasteiger partial charge on any atom is -0.368 e. The van der Waals surface area contributed by atoms with E-state index in [1.165, 1.54) is 0 Å². The molecule has 0 aromatic rings. The third-order valence-electron chi connectivity index (χ3n) is 4.39. The lowest BCUT2D eigenvalue weighted by molar-refractivity contribution is -0.129. The first-order chi connectivity index (χ1) is 10.2. The summed E-state index contributed by atoms with van der Waals surface area (Å²) in [7, 11) is 0. The smallest absolute Gasteiger partial charge is 0.240 e. The fraction of sp³-hybridized carbons (Fsp3) is 0.800. The van der Waals surface area contributed by atoms with E-state index >= 15 is 0 Å². The maximum atomic E-state index is 12.1. The first kappa shape index (κ1) is 16.7. The predicted octanol–water partition coefficient (Wildman–Crippen LogP) is -0.611. The molecule has 0 aromatic carbocycles. The van der Waals surface area contributed by atoms with Gasteiger partial charge in [0.2, 0.25) is 17.7 Å². The van der Waals surface area contributed by atoms with E-state index in [1.807, 2.05) is 13.8 Å². The Labute approximate surface area is 130 Å². The van der Waals surface area contributed by atoms with Gasteiger partial charge in [-0.05, 0) is 39.0 Å². The van der Waals surface area contributed by atoms with Crippen molar-refractivity contribution in [2.45, 2.75) is 63.6 Å². The maximum absolute atomic E-state index is 12.1. The van der Waals surface area contributed by atoms with Gasteiger partial charge in [-0.2, -0.15) is 0 Å². The van der Waals surface area contributed by atoms with Gasteiger partial charge < -0.3 is 22.1 Å². The largest absolute Gasteiger partial charge is 0.368 e. The van der Waals surface area contributed by atoms with Crippen LogP contribution in [0, 0.1) is 11.8 Å². The lowest BCUT2D eigenvalue weighted by atomic mass is 9.91. The number of nitrogens with one attached hydrogen (secondary N) is 2. The van der Waals surface area contributed by atoms with Crippen molar-refractivity contribution < 1.29 is 14.4 Å². The molecule has 124 valence electrons. The molecule has 3 atom stereocenters. The first-order valence-electron chi connectivity index (χ1n) is 7.85. The van der Waals surface area contributed by atoms with E-state index in [-0.39, 0.29) is 29.7 Å². The molecule has 7 nitrogen and oxygen atoms in total. The molecule has 2 rings (SSSR count). The molecule has 1 aliphatic carbocycles. The summed E-state index contributed by atoms with van der Waals surface area (Å²) in [5, 5.41) is 5.48. The van der Waals surface area contributed by atoms with Gasteiger partial charge in [-0.1, -0.05) is 12.8 Å². The van der Waals surface area contributed by atoms with E-state index < -0.39 is 18.0 Å². The van der Waals surface area contributed by atoms with Crippen LogP contribution in [-0.2, 0) is 14.4 Å². The Hall–Kier alpha value is -1.63. The molecule has 2 fully saturated rings. The monoisotopic (exact) mass is 310 g/mol. The summed E-state index contributed by atoms with van der Waals surface area (Å²) in [6.45, 7) is 3.85. The molecule has 7 heteroatoms. The van der Waals surface area contributed by atoms with Gasteiger partial charge in [0, 0.05) is 11.5 Å². The van der Waals surface area contributed by atoms with E-state index in [9.17, 15) is 14.4 Å². The average molecular weight is 310 g/mol. The van der Waals surface area contributed by atoms with Crippen LogP contribution in [0.1, 0.15) is 46.0 Å². The van der Waals surface area contributed by atoms with Gasteiger partial charge in [0.15, 0.2) is 0 Å². The van der Waals surface area contributed by atoms with Crippen LogP contribution >= 0.6 is 0 Å². The van der Waals surface area contributed by atoms with Gasteiger partial charge in [0.25, 0.3) is 0 Å². The topological polar surface area (TPSA) is 127 Å². The van der Waals surface area contributed by atoms with Crippen LogP contribution in [0.4, 0.5) is 0 Å². The molecule has 1 heterocycles. The number of hydrogen-bond acceptors (Lipinski definition) is 4. The zero-order valence-corrected chi connectivity index (χ0v) is 13.2. The zero-order chi connectivity index (χ0) is 16.5. The Morgan fingerprint density at radius 1 is 1.36 bits per heavy atom. The van der Waals surface area contributed by atoms with Gasteiger partial charge in [0.05, 0.1) is 6.04 Å². The highest BCUT2D eigenvalue weighted by molar-refractivity contribution is 5.90. The molecule has 2 aliphatic rings. The maximum Gasteiger partial charge on any atom is 0.240 e. The van der Waals surface area contributed by atoms with Crippen molar-refractivity contribution in [3.63, 3.8) is 0 Å². The zero-order valence-electron chi connectivity index (χ0n) is 13.2. The van der Waals surface area contributed by atoms with Crippen molar-refractivity contribution in [2.24, 2.45) is 23.3 Å². The number of nitrogens with two attached hydrogens (primary N) is 2. The van der Waals surface area contributed by atoms with Gasteiger partial charge in [-0.3, -0.25) is 14.4 Å². The predicted molar refractivity (Wildman–Crippen MR) is 81.4 cm³/mol. The minimum absolute atomic E-state index is 0.104. The highest BCUT2D eigenvalue weighted by atomic mass is 16.2. The summed E-state index contributed by atoms with van der Waals surface area (Å²) in [5.74, 6) is -0.910. The molecule has 0 bridgehead atoms. The number of amides is 3. The number of primary amides is 1. The molecular formula is C15H26N4O3. The van der Waals surface area contributed by atoms with E-state index in [2.05, 4.69) is 10.6 Å². The fourth-order valence-electron chi connectivity index (χ4n) is 3.01. The van der Waals surface area contributed by atoms with Gasteiger partial charge >= 0.3 is 0 Å². The summed E-state index contributed by atoms with van der Waals surface area (Å²) in [4.78, 5) is 35.6. The molecule has 3 amide bonds. The summed E-state index contributed by atoms with van der Waals surface area (Å²) >= 11 is 0. The summed E-state index contributed by atoms with van der Waals surface area (Å²) in [6.07, 6.45) is 3.68. The molecular weight excluding hydrogens is 284 g/mol. The van der Waals surface area contributed by atoms with Crippen LogP contribution in [-0.4, -0.2) is 35.3 Å². The lowest BCUT2D eigenvalue weighted by Gasteiger charge is -2.21. The molecule has 6 N–H and O–H groups in total. The Morgan fingerprint density at radius 3 is 2.45 bits per heavy atom. The SMILES string of the molecule is CC1(C)C[C@@H](C[C@H](NC(=O)[C@@H](N)CC2CC2)C(N)=O)C(=O)N1. The highest BCUT2D eigenvalue weighted by Gasteiger charge is 2.39. The highest BCUT2D eigenvalue weighted by Crippen LogP contribution is 2.33. The summed E-state index contributed by atoms with van der Waals surface area (Å²) in [6, 6.07) is -1.48. The molecule has 1 aliphatic heterocycles. The van der Waals surface area contributed by atoms with Gasteiger partial charge in [0.1, 0.15) is 6.04 Å². The summed E-state index contributed by atoms with van der Waals surface area (Å²) < 4.78 is 0. The summed E-state index contributed by atoms with van der Waals surface area (Å²) in [5.41, 5.74) is 10.9. The van der Waals surface area contributed by atoms with Crippen molar-refractivity contribution in [1.82, 2.24) is 10.6 Å². The number of carbonyl (C=O) groups is 3. The van der Waals surface area contributed by atoms with Crippen molar-refractivity contribution in [3.8, 4) is 0 Å². The lowest BCUT2D eigenvalue weighted by Crippen LogP contribution is -2.51. The Morgan fingerprint density at radius 2 is 2.00 bits per heavy atom. The number of carbonyl (C=O) groups excluding carboxylic acids is 3. The average Bonchev–Trinajstić information content (AvgIpc) is 3.14. The normalized spacial score (nSPS) is 26.1. The van der Waals surface area contributed by atoms with Crippen LogP contribution in [0.3, 0.4) is 0 Å². The van der Waals surface area contributed by atoms with Crippen LogP contribution in [0.15, 0.2) is 0 Å². The van der Waals surface area contributed by atoms with E-state index in [1.54, 1.807) is 0 Å². The molecule has 0 unspecified atom stereocenters. The second-order valence-electron chi connectivity index (χ2n) is 7.26. The van der Waals surface area contributed by atoms with Crippen LogP contribution in [0.5, 0.6) is 0 Å². The number of rotatable bonds is 7. The second kappa shape index (κ2) is 6.24. The Bertz CT molecular complexity index is 473. The van der Waals surface area contributed by atoms with Gasteiger partial charge in [-0.25, -0.2) is 0 Å². The molecule has 1 saturated carbocycles. The quantitative estimate of drug-likeness (QED) is 0.500. The van der Waals surface area contributed by atoms with Crippen molar-refractivity contribution >= 4 is 17.7 Å². The second-order valence-corrected chi connectivity index (χ2v) is 7.26. The van der Waals surface area contributed by atoms with Crippen LogP contribution < -0.4 is 22.1 Å².